The standard InChI is InChI=1S/C21H15F3N4O/c22-21(23,24)20-26-15-10-9-14(12-17(15)27-20)18(13-6-2-1-3-7-13)28-19(29)16-8-4-5-11-25-16/h1-12,18H,(H,26,27)(H,28,29). The number of alkyl halides is 3. The lowest BCUT2D eigenvalue weighted by molar-refractivity contribution is -0.144. The zero-order chi connectivity index (χ0) is 20.4. The van der Waals surface area contributed by atoms with E-state index in [1.807, 2.05) is 30.3 Å². The van der Waals surface area contributed by atoms with E-state index in [9.17, 15) is 18.0 Å². The summed E-state index contributed by atoms with van der Waals surface area (Å²) < 4.78 is 38.9. The van der Waals surface area contributed by atoms with Gasteiger partial charge < -0.3 is 10.3 Å². The van der Waals surface area contributed by atoms with Crippen LogP contribution >= 0.6 is 0 Å². The summed E-state index contributed by atoms with van der Waals surface area (Å²) in [6.07, 6.45) is -3.05. The molecule has 4 rings (SSSR count). The molecule has 2 aromatic carbocycles. The molecule has 2 aromatic heterocycles. The van der Waals surface area contributed by atoms with E-state index < -0.39 is 18.0 Å². The Morgan fingerprint density at radius 3 is 2.41 bits per heavy atom. The Kier molecular flexibility index (Phi) is 4.75. The van der Waals surface area contributed by atoms with Crippen LogP contribution in [-0.4, -0.2) is 20.9 Å². The molecule has 8 heteroatoms. The highest BCUT2D eigenvalue weighted by atomic mass is 19.4. The number of halogens is 3. The van der Waals surface area contributed by atoms with Gasteiger partial charge in [-0.2, -0.15) is 13.2 Å². The second kappa shape index (κ2) is 7.38. The minimum absolute atomic E-state index is 0.198. The SMILES string of the molecule is O=C(NC(c1ccccc1)c1ccc2nc(C(F)(F)F)[nH]c2c1)c1ccccn1. The zero-order valence-corrected chi connectivity index (χ0v) is 14.9. The van der Waals surface area contributed by atoms with Gasteiger partial charge in [-0.1, -0.05) is 42.5 Å². The number of nitrogens with one attached hydrogen (secondary N) is 2. The number of imidazole rings is 1. The number of H-pyrrole nitrogens is 1. The van der Waals surface area contributed by atoms with E-state index in [1.165, 1.54) is 12.3 Å². The van der Waals surface area contributed by atoms with Gasteiger partial charge in [-0.15, -0.1) is 0 Å². The summed E-state index contributed by atoms with van der Waals surface area (Å²) in [7, 11) is 0. The van der Waals surface area contributed by atoms with E-state index in [1.54, 1.807) is 30.3 Å². The summed E-state index contributed by atoms with van der Waals surface area (Å²) in [5.41, 5.74) is 2.08. The maximum atomic E-state index is 13.0. The van der Waals surface area contributed by atoms with Crippen molar-refractivity contribution in [1.82, 2.24) is 20.3 Å². The van der Waals surface area contributed by atoms with Crippen molar-refractivity contribution >= 4 is 16.9 Å². The highest BCUT2D eigenvalue weighted by molar-refractivity contribution is 5.92. The first kappa shape index (κ1) is 18.7. The molecule has 1 amide bonds. The van der Waals surface area contributed by atoms with Crippen LogP contribution in [0.1, 0.15) is 33.5 Å². The Labute approximate surface area is 163 Å². The predicted octanol–water partition coefficient (Wildman–Crippen LogP) is 4.50. The number of aromatic amines is 1. The number of benzene rings is 2. The highest BCUT2D eigenvalue weighted by Crippen LogP contribution is 2.30. The third-order valence-electron chi connectivity index (χ3n) is 4.41. The number of hydrogen-bond donors (Lipinski definition) is 2. The molecule has 0 aliphatic heterocycles. The average molecular weight is 396 g/mol. The number of amides is 1. The highest BCUT2D eigenvalue weighted by Gasteiger charge is 2.34. The molecule has 29 heavy (non-hydrogen) atoms. The molecule has 0 radical (unpaired) electrons. The third-order valence-corrected chi connectivity index (χ3v) is 4.41. The molecule has 2 heterocycles. The summed E-state index contributed by atoms with van der Waals surface area (Å²) >= 11 is 0. The summed E-state index contributed by atoms with van der Waals surface area (Å²) in [6.45, 7) is 0. The maximum Gasteiger partial charge on any atom is 0.449 e. The molecule has 0 aliphatic rings. The number of hydrogen-bond acceptors (Lipinski definition) is 3. The second-order valence-electron chi connectivity index (χ2n) is 6.39. The molecular formula is C21H15F3N4O. The third kappa shape index (κ3) is 3.96. The second-order valence-corrected chi connectivity index (χ2v) is 6.39. The zero-order valence-electron chi connectivity index (χ0n) is 14.9. The van der Waals surface area contributed by atoms with Gasteiger partial charge in [0.2, 0.25) is 5.82 Å². The van der Waals surface area contributed by atoms with E-state index in [0.717, 1.165) is 5.56 Å². The van der Waals surface area contributed by atoms with Crippen molar-refractivity contribution in [2.75, 3.05) is 0 Å². The first-order valence-corrected chi connectivity index (χ1v) is 8.75. The van der Waals surface area contributed by atoms with Gasteiger partial charge in [-0.25, -0.2) is 4.98 Å². The van der Waals surface area contributed by atoms with Gasteiger partial charge in [0, 0.05) is 6.20 Å². The first-order valence-electron chi connectivity index (χ1n) is 8.75. The van der Waals surface area contributed by atoms with Crippen molar-refractivity contribution in [3.63, 3.8) is 0 Å². The number of carbonyl (C=O) groups is 1. The van der Waals surface area contributed by atoms with Crippen molar-refractivity contribution in [1.29, 1.82) is 0 Å². The fourth-order valence-corrected chi connectivity index (χ4v) is 3.05. The average Bonchev–Trinajstić information content (AvgIpc) is 3.17. The van der Waals surface area contributed by atoms with Gasteiger partial charge in [-0.3, -0.25) is 9.78 Å². The maximum absolute atomic E-state index is 13.0. The van der Waals surface area contributed by atoms with Gasteiger partial charge in [0.25, 0.3) is 5.91 Å². The molecular weight excluding hydrogens is 381 g/mol. The Hall–Kier alpha value is -3.68. The van der Waals surface area contributed by atoms with E-state index in [-0.39, 0.29) is 22.6 Å². The topological polar surface area (TPSA) is 70.7 Å². The number of carbonyl (C=O) groups excluding carboxylic acids is 1. The quantitative estimate of drug-likeness (QED) is 0.534. The van der Waals surface area contributed by atoms with Crippen LogP contribution in [0.25, 0.3) is 11.0 Å². The Morgan fingerprint density at radius 2 is 1.72 bits per heavy atom. The molecule has 0 saturated heterocycles. The Bertz CT molecular complexity index is 1140. The van der Waals surface area contributed by atoms with E-state index in [0.29, 0.717) is 5.56 Å². The van der Waals surface area contributed by atoms with E-state index >= 15 is 0 Å². The molecule has 0 fully saturated rings. The smallest absolute Gasteiger partial charge is 0.340 e. The van der Waals surface area contributed by atoms with Gasteiger partial charge in [0.1, 0.15) is 5.69 Å². The van der Waals surface area contributed by atoms with Crippen molar-refractivity contribution in [3.05, 3.63) is 95.6 Å². The largest absolute Gasteiger partial charge is 0.449 e. The number of aromatic nitrogens is 3. The van der Waals surface area contributed by atoms with Crippen LogP contribution in [0.15, 0.2) is 72.9 Å². The summed E-state index contributed by atoms with van der Waals surface area (Å²) in [5.74, 6) is -1.45. The molecule has 0 saturated carbocycles. The Morgan fingerprint density at radius 1 is 0.966 bits per heavy atom. The molecule has 4 aromatic rings. The minimum atomic E-state index is -4.56. The lowest BCUT2D eigenvalue weighted by atomic mass is 9.98. The van der Waals surface area contributed by atoms with Gasteiger partial charge in [0.05, 0.1) is 17.1 Å². The van der Waals surface area contributed by atoms with Crippen LogP contribution in [-0.2, 0) is 6.18 Å². The predicted molar refractivity (Wildman–Crippen MR) is 101 cm³/mol. The minimum Gasteiger partial charge on any atom is -0.340 e. The Balaban J connectivity index is 1.74. The van der Waals surface area contributed by atoms with Crippen LogP contribution in [0.5, 0.6) is 0 Å². The normalized spacial score (nSPS) is 12.7. The van der Waals surface area contributed by atoms with Gasteiger partial charge in [0.15, 0.2) is 0 Å². The molecule has 5 nitrogen and oxygen atoms in total. The van der Waals surface area contributed by atoms with Crippen LogP contribution in [0.3, 0.4) is 0 Å². The van der Waals surface area contributed by atoms with E-state index in [4.69, 9.17) is 0 Å². The summed E-state index contributed by atoms with van der Waals surface area (Å²) in [5, 5.41) is 2.91. The van der Waals surface area contributed by atoms with Crippen LogP contribution in [0.4, 0.5) is 13.2 Å². The first-order chi connectivity index (χ1) is 13.9. The van der Waals surface area contributed by atoms with Gasteiger partial charge >= 0.3 is 6.18 Å². The fourth-order valence-electron chi connectivity index (χ4n) is 3.05. The van der Waals surface area contributed by atoms with Crippen molar-refractivity contribution in [3.8, 4) is 0 Å². The van der Waals surface area contributed by atoms with Crippen LogP contribution < -0.4 is 5.32 Å². The van der Waals surface area contributed by atoms with Gasteiger partial charge in [-0.05, 0) is 35.4 Å². The van der Waals surface area contributed by atoms with Crippen LogP contribution in [0.2, 0.25) is 0 Å². The molecule has 146 valence electrons. The lowest BCUT2D eigenvalue weighted by Gasteiger charge is -2.20. The molecule has 0 spiro atoms. The molecule has 0 aliphatic carbocycles. The molecule has 1 unspecified atom stereocenters. The monoisotopic (exact) mass is 396 g/mol. The van der Waals surface area contributed by atoms with E-state index in [2.05, 4.69) is 20.3 Å². The van der Waals surface area contributed by atoms with Crippen molar-refractivity contribution < 1.29 is 18.0 Å². The molecule has 2 N–H and O–H groups in total. The summed E-state index contributed by atoms with van der Waals surface area (Å²) in [6, 6.07) is 18.3. The van der Waals surface area contributed by atoms with Crippen LogP contribution in [0, 0.1) is 0 Å². The number of fused-ring (bicyclic) bond motifs is 1. The number of pyridine rings is 1. The molecule has 0 bridgehead atoms. The number of rotatable bonds is 4. The summed E-state index contributed by atoms with van der Waals surface area (Å²) in [4.78, 5) is 22.6. The van der Waals surface area contributed by atoms with Crippen molar-refractivity contribution in [2.45, 2.75) is 12.2 Å². The lowest BCUT2D eigenvalue weighted by Crippen LogP contribution is -2.29. The molecule has 1 atom stereocenters. The fraction of sp³-hybridized carbons (Fsp3) is 0.0952. The number of nitrogens with zero attached hydrogens (tertiary/aromatic N) is 2. The van der Waals surface area contributed by atoms with Crippen molar-refractivity contribution in [2.24, 2.45) is 0 Å².